The first-order valence-electron chi connectivity index (χ1n) is 6.43. The van der Waals surface area contributed by atoms with Gasteiger partial charge >= 0.3 is 0 Å². The standard InChI is InChI=1S/C13H19BrN2O3/c1-2-3-4-8-15-12(17)7-9-16-13(18)10-5-6-11(14)19-10/h5-6H,2-4,7-9H2,1H3,(H,15,17)(H,16,18). The number of amides is 2. The molecule has 1 heterocycles. The molecule has 0 bridgehead atoms. The van der Waals surface area contributed by atoms with Crippen molar-refractivity contribution in [1.29, 1.82) is 0 Å². The van der Waals surface area contributed by atoms with Gasteiger partial charge in [-0.2, -0.15) is 0 Å². The fourth-order valence-corrected chi connectivity index (χ4v) is 1.81. The minimum Gasteiger partial charge on any atom is -0.444 e. The molecule has 1 rings (SSSR count). The van der Waals surface area contributed by atoms with Crippen molar-refractivity contribution in [1.82, 2.24) is 10.6 Å². The lowest BCUT2D eigenvalue weighted by Gasteiger charge is -2.05. The molecule has 19 heavy (non-hydrogen) atoms. The molecule has 106 valence electrons. The molecule has 6 heteroatoms. The van der Waals surface area contributed by atoms with Crippen molar-refractivity contribution < 1.29 is 14.0 Å². The smallest absolute Gasteiger partial charge is 0.287 e. The average Bonchev–Trinajstić information content (AvgIpc) is 2.81. The Bertz CT molecular complexity index is 418. The number of nitrogens with one attached hydrogen (secondary N) is 2. The van der Waals surface area contributed by atoms with E-state index in [4.69, 9.17) is 4.42 Å². The summed E-state index contributed by atoms with van der Waals surface area (Å²) in [6, 6.07) is 3.22. The van der Waals surface area contributed by atoms with Crippen LogP contribution in [0.3, 0.4) is 0 Å². The van der Waals surface area contributed by atoms with Gasteiger partial charge in [0.05, 0.1) is 0 Å². The number of unbranched alkanes of at least 4 members (excludes halogenated alkanes) is 2. The number of halogens is 1. The lowest BCUT2D eigenvalue weighted by Crippen LogP contribution is -2.31. The van der Waals surface area contributed by atoms with Crippen LogP contribution in [0.15, 0.2) is 21.2 Å². The molecule has 0 spiro atoms. The van der Waals surface area contributed by atoms with E-state index in [2.05, 4.69) is 33.5 Å². The van der Waals surface area contributed by atoms with Gasteiger partial charge in [0.25, 0.3) is 5.91 Å². The highest BCUT2D eigenvalue weighted by Gasteiger charge is 2.10. The third kappa shape index (κ3) is 6.42. The highest BCUT2D eigenvalue weighted by Crippen LogP contribution is 2.13. The van der Waals surface area contributed by atoms with Gasteiger partial charge in [0.2, 0.25) is 5.91 Å². The minimum atomic E-state index is -0.315. The molecular weight excluding hydrogens is 312 g/mol. The molecule has 0 unspecified atom stereocenters. The van der Waals surface area contributed by atoms with Crippen molar-refractivity contribution in [2.75, 3.05) is 13.1 Å². The van der Waals surface area contributed by atoms with E-state index in [1.807, 2.05) is 0 Å². The van der Waals surface area contributed by atoms with Crippen LogP contribution in [-0.2, 0) is 4.79 Å². The second-order valence-electron chi connectivity index (χ2n) is 4.17. The van der Waals surface area contributed by atoms with E-state index in [9.17, 15) is 9.59 Å². The van der Waals surface area contributed by atoms with Crippen LogP contribution < -0.4 is 10.6 Å². The van der Waals surface area contributed by atoms with Crippen molar-refractivity contribution in [2.24, 2.45) is 0 Å². The Morgan fingerprint density at radius 2 is 2.00 bits per heavy atom. The largest absolute Gasteiger partial charge is 0.444 e. The van der Waals surface area contributed by atoms with Gasteiger partial charge in [-0.25, -0.2) is 0 Å². The Balaban J connectivity index is 2.12. The Labute approximate surface area is 121 Å². The van der Waals surface area contributed by atoms with E-state index in [0.717, 1.165) is 19.3 Å². The molecule has 1 aromatic heterocycles. The number of carbonyl (C=O) groups excluding carboxylic acids is 2. The lowest BCUT2D eigenvalue weighted by atomic mass is 10.2. The molecule has 1 aromatic rings. The molecule has 0 fully saturated rings. The Morgan fingerprint density at radius 1 is 1.21 bits per heavy atom. The molecule has 2 amide bonds. The first-order valence-corrected chi connectivity index (χ1v) is 7.23. The van der Waals surface area contributed by atoms with Crippen LogP contribution >= 0.6 is 15.9 Å². The van der Waals surface area contributed by atoms with Gasteiger partial charge in [-0.05, 0) is 34.5 Å². The number of furan rings is 1. The molecule has 0 atom stereocenters. The third-order valence-corrected chi connectivity index (χ3v) is 2.96. The molecule has 0 saturated heterocycles. The summed E-state index contributed by atoms with van der Waals surface area (Å²) in [5, 5.41) is 5.44. The molecule has 0 aliphatic rings. The zero-order chi connectivity index (χ0) is 14.1. The highest BCUT2D eigenvalue weighted by molar-refractivity contribution is 9.10. The average molecular weight is 331 g/mol. The summed E-state index contributed by atoms with van der Waals surface area (Å²) in [7, 11) is 0. The number of hydrogen-bond donors (Lipinski definition) is 2. The summed E-state index contributed by atoms with van der Waals surface area (Å²) < 4.78 is 5.60. The molecular formula is C13H19BrN2O3. The van der Waals surface area contributed by atoms with Crippen LogP contribution in [0, 0.1) is 0 Å². The van der Waals surface area contributed by atoms with Crippen LogP contribution in [0.2, 0.25) is 0 Å². The van der Waals surface area contributed by atoms with E-state index in [1.54, 1.807) is 12.1 Å². The zero-order valence-electron chi connectivity index (χ0n) is 11.0. The van der Waals surface area contributed by atoms with Gasteiger partial charge in [-0.1, -0.05) is 19.8 Å². The van der Waals surface area contributed by atoms with Gasteiger partial charge in [0.1, 0.15) is 0 Å². The Kier molecular flexibility index (Phi) is 7.25. The third-order valence-electron chi connectivity index (χ3n) is 2.54. The van der Waals surface area contributed by atoms with Gasteiger partial charge in [-0.3, -0.25) is 9.59 Å². The predicted octanol–water partition coefficient (Wildman–Crippen LogP) is 2.47. The molecule has 0 radical (unpaired) electrons. The van der Waals surface area contributed by atoms with Gasteiger partial charge in [0, 0.05) is 19.5 Å². The van der Waals surface area contributed by atoms with Crippen LogP contribution in [0.5, 0.6) is 0 Å². The molecule has 0 aromatic carbocycles. The van der Waals surface area contributed by atoms with Crippen LogP contribution in [0.4, 0.5) is 0 Å². The quantitative estimate of drug-likeness (QED) is 0.719. The maximum Gasteiger partial charge on any atom is 0.287 e. The van der Waals surface area contributed by atoms with Gasteiger partial charge in [0.15, 0.2) is 10.4 Å². The van der Waals surface area contributed by atoms with E-state index < -0.39 is 0 Å². The highest BCUT2D eigenvalue weighted by atomic mass is 79.9. The summed E-state index contributed by atoms with van der Waals surface area (Å²) in [5.74, 6) is -0.128. The Hall–Kier alpha value is -1.30. The van der Waals surface area contributed by atoms with Crippen molar-refractivity contribution in [2.45, 2.75) is 32.6 Å². The monoisotopic (exact) mass is 330 g/mol. The molecule has 5 nitrogen and oxygen atoms in total. The lowest BCUT2D eigenvalue weighted by molar-refractivity contribution is -0.120. The van der Waals surface area contributed by atoms with E-state index in [1.165, 1.54) is 0 Å². The normalized spacial score (nSPS) is 10.2. The first-order chi connectivity index (χ1) is 9.13. The van der Waals surface area contributed by atoms with Crippen LogP contribution in [0.1, 0.15) is 43.2 Å². The van der Waals surface area contributed by atoms with Crippen molar-refractivity contribution >= 4 is 27.7 Å². The SMILES string of the molecule is CCCCCNC(=O)CCNC(=O)c1ccc(Br)o1. The number of rotatable bonds is 8. The second-order valence-corrected chi connectivity index (χ2v) is 4.95. The predicted molar refractivity (Wildman–Crippen MR) is 75.9 cm³/mol. The number of hydrogen-bond acceptors (Lipinski definition) is 3. The van der Waals surface area contributed by atoms with Crippen LogP contribution in [-0.4, -0.2) is 24.9 Å². The summed E-state index contributed by atoms with van der Waals surface area (Å²) in [6.07, 6.45) is 3.52. The summed E-state index contributed by atoms with van der Waals surface area (Å²) in [4.78, 5) is 23.0. The van der Waals surface area contributed by atoms with E-state index in [-0.39, 0.29) is 24.0 Å². The van der Waals surface area contributed by atoms with Crippen molar-refractivity contribution in [3.8, 4) is 0 Å². The fraction of sp³-hybridized carbons (Fsp3) is 0.538. The molecule has 0 saturated carbocycles. The van der Waals surface area contributed by atoms with Crippen molar-refractivity contribution in [3.05, 3.63) is 22.6 Å². The number of carbonyl (C=O) groups is 2. The van der Waals surface area contributed by atoms with Crippen LogP contribution in [0.25, 0.3) is 0 Å². The van der Waals surface area contributed by atoms with Gasteiger partial charge < -0.3 is 15.1 Å². The second kappa shape index (κ2) is 8.74. The topological polar surface area (TPSA) is 71.3 Å². The maximum absolute atomic E-state index is 11.6. The Morgan fingerprint density at radius 3 is 2.63 bits per heavy atom. The zero-order valence-corrected chi connectivity index (χ0v) is 12.6. The summed E-state index contributed by atoms with van der Waals surface area (Å²) >= 11 is 3.12. The maximum atomic E-state index is 11.6. The fourth-order valence-electron chi connectivity index (χ4n) is 1.50. The molecule has 0 aliphatic heterocycles. The summed E-state index contributed by atoms with van der Waals surface area (Å²) in [5.41, 5.74) is 0. The van der Waals surface area contributed by atoms with E-state index >= 15 is 0 Å². The first kappa shape index (κ1) is 15.8. The van der Waals surface area contributed by atoms with E-state index in [0.29, 0.717) is 17.8 Å². The minimum absolute atomic E-state index is 0.0444. The van der Waals surface area contributed by atoms with Gasteiger partial charge in [-0.15, -0.1) is 0 Å². The summed E-state index contributed by atoms with van der Waals surface area (Å²) in [6.45, 7) is 3.12. The van der Waals surface area contributed by atoms with Crippen molar-refractivity contribution in [3.63, 3.8) is 0 Å². The molecule has 2 N–H and O–H groups in total. The molecule has 0 aliphatic carbocycles.